The van der Waals surface area contributed by atoms with Crippen LogP contribution in [0.25, 0.3) is 0 Å². The molecular formula is C11H12N2O5S. The Balaban J connectivity index is 1.97. The number of carbonyl (C=O) groups is 2. The molecule has 2 amide bonds. The normalized spacial score (nSPS) is 22.3. The van der Waals surface area contributed by atoms with Crippen LogP contribution < -0.4 is 10.6 Å². The SMILES string of the molecule is O=C(Cc1ccccc1)N[C@H]1C(=O)N[C@@H]1S(=O)(=O)O. The van der Waals surface area contributed by atoms with Gasteiger partial charge in [0, 0.05) is 0 Å². The Morgan fingerprint density at radius 1 is 1.32 bits per heavy atom. The first kappa shape index (κ1) is 13.5. The zero-order valence-corrected chi connectivity index (χ0v) is 10.6. The molecule has 102 valence electrons. The van der Waals surface area contributed by atoms with Crippen molar-refractivity contribution in [3.8, 4) is 0 Å². The van der Waals surface area contributed by atoms with Gasteiger partial charge in [-0.2, -0.15) is 8.42 Å². The molecule has 7 nitrogen and oxygen atoms in total. The van der Waals surface area contributed by atoms with E-state index in [1.54, 1.807) is 30.3 Å². The Morgan fingerprint density at radius 3 is 2.47 bits per heavy atom. The second-order valence-electron chi connectivity index (χ2n) is 4.15. The fourth-order valence-corrected chi connectivity index (χ4v) is 2.55. The lowest BCUT2D eigenvalue weighted by Crippen LogP contribution is -2.71. The van der Waals surface area contributed by atoms with Gasteiger partial charge in [0.05, 0.1) is 6.42 Å². The highest BCUT2D eigenvalue weighted by Gasteiger charge is 2.48. The van der Waals surface area contributed by atoms with Gasteiger partial charge in [-0.05, 0) is 5.56 Å². The van der Waals surface area contributed by atoms with Crippen LogP contribution in [0.5, 0.6) is 0 Å². The van der Waals surface area contributed by atoms with E-state index in [4.69, 9.17) is 4.55 Å². The zero-order chi connectivity index (χ0) is 14.0. The molecule has 1 aromatic rings. The number of benzene rings is 1. The number of hydrogen-bond acceptors (Lipinski definition) is 4. The van der Waals surface area contributed by atoms with Gasteiger partial charge in [0.25, 0.3) is 10.1 Å². The summed E-state index contributed by atoms with van der Waals surface area (Å²) in [4.78, 5) is 22.8. The minimum Gasteiger partial charge on any atom is -0.341 e. The summed E-state index contributed by atoms with van der Waals surface area (Å²) in [5.41, 5.74) is 0.739. The molecule has 0 aromatic heterocycles. The smallest absolute Gasteiger partial charge is 0.288 e. The van der Waals surface area contributed by atoms with Crippen LogP contribution in [0, 0.1) is 0 Å². The van der Waals surface area contributed by atoms with Crippen molar-refractivity contribution in [3.05, 3.63) is 35.9 Å². The van der Waals surface area contributed by atoms with Crippen molar-refractivity contribution in [1.29, 1.82) is 0 Å². The summed E-state index contributed by atoms with van der Waals surface area (Å²) in [7, 11) is -4.41. The molecule has 0 spiro atoms. The van der Waals surface area contributed by atoms with E-state index in [1.165, 1.54) is 0 Å². The van der Waals surface area contributed by atoms with Gasteiger partial charge in [0.2, 0.25) is 11.8 Å². The fourth-order valence-electron chi connectivity index (χ4n) is 1.75. The summed E-state index contributed by atoms with van der Waals surface area (Å²) >= 11 is 0. The molecule has 1 aromatic carbocycles. The molecule has 0 unspecified atom stereocenters. The van der Waals surface area contributed by atoms with E-state index >= 15 is 0 Å². The summed E-state index contributed by atoms with van der Waals surface area (Å²) in [5, 5.41) is 2.82. The van der Waals surface area contributed by atoms with Crippen molar-refractivity contribution in [3.63, 3.8) is 0 Å². The first-order chi connectivity index (χ1) is 8.88. The molecule has 0 radical (unpaired) electrons. The third-order valence-electron chi connectivity index (χ3n) is 2.71. The predicted molar refractivity (Wildman–Crippen MR) is 65.6 cm³/mol. The molecule has 0 aliphatic carbocycles. The van der Waals surface area contributed by atoms with Crippen LogP contribution in [0.2, 0.25) is 0 Å². The van der Waals surface area contributed by atoms with Gasteiger partial charge in [0.15, 0.2) is 5.37 Å². The second-order valence-corrected chi connectivity index (χ2v) is 5.69. The molecule has 8 heteroatoms. The molecule has 1 fully saturated rings. The molecule has 1 aliphatic rings. The molecular weight excluding hydrogens is 272 g/mol. The number of β-lactam (4-membered cyclic amide) rings is 1. The molecule has 3 N–H and O–H groups in total. The van der Waals surface area contributed by atoms with Crippen LogP contribution in [-0.2, 0) is 26.1 Å². The van der Waals surface area contributed by atoms with E-state index in [9.17, 15) is 18.0 Å². The number of hydrogen-bond donors (Lipinski definition) is 3. The van der Waals surface area contributed by atoms with Crippen LogP contribution in [0.3, 0.4) is 0 Å². The molecule has 1 aliphatic heterocycles. The summed E-state index contributed by atoms with van der Waals surface area (Å²) in [6.07, 6.45) is 0.0306. The van der Waals surface area contributed by atoms with Gasteiger partial charge < -0.3 is 10.6 Å². The number of carbonyl (C=O) groups excluding carboxylic acids is 2. The maximum absolute atomic E-state index is 11.7. The van der Waals surface area contributed by atoms with Gasteiger partial charge in [-0.3, -0.25) is 14.1 Å². The van der Waals surface area contributed by atoms with E-state index in [-0.39, 0.29) is 6.42 Å². The van der Waals surface area contributed by atoms with Crippen LogP contribution in [0.4, 0.5) is 0 Å². The second kappa shape index (κ2) is 4.98. The van der Waals surface area contributed by atoms with Crippen molar-refractivity contribution in [2.45, 2.75) is 17.8 Å². The summed E-state index contributed by atoms with van der Waals surface area (Å²) in [5.74, 6) is -1.12. The average molecular weight is 284 g/mol. The maximum Gasteiger partial charge on any atom is 0.288 e. The van der Waals surface area contributed by atoms with Crippen molar-refractivity contribution in [1.82, 2.24) is 10.6 Å². The van der Waals surface area contributed by atoms with Gasteiger partial charge in [-0.25, -0.2) is 0 Å². The highest BCUT2D eigenvalue weighted by molar-refractivity contribution is 7.86. The maximum atomic E-state index is 11.7. The van der Waals surface area contributed by atoms with Gasteiger partial charge in [0.1, 0.15) is 6.04 Å². The Kier molecular flexibility index (Phi) is 3.54. The summed E-state index contributed by atoms with van der Waals surface area (Å²) in [6.45, 7) is 0. The van der Waals surface area contributed by atoms with Crippen molar-refractivity contribution < 1.29 is 22.6 Å². The van der Waals surface area contributed by atoms with E-state index in [0.29, 0.717) is 0 Å². The van der Waals surface area contributed by atoms with Crippen molar-refractivity contribution in [2.75, 3.05) is 0 Å². The monoisotopic (exact) mass is 284 g/mol. The van der Waals surface area contributed by atoms with Gasteiger partial charge in [-0.15, -0.1) is 0 Å². The Labute approximate surface area is 109 Å². The van der Waals surface area contributed by atoms with Crippen LogP contribution in [0.1, 0.15) is 5.56 Å². The lowest BCUT2D eigenvalue weighted by Gasteiger charge is -2.34. The molecule has 0 bridgehead atoms. The molecule has 1 heterocycles. The summed E-state index contributed by atoms with van der Waals surface area (Å²) in [6, 6.07) is 7.56. The Bertz CT molecular complexity index is 599. The minimum absolute atomic E-state index is 0.0306. The highest BCUT2D eigenvalue weighted by Crippen LogP contribution is 2.12. The van der Waals surface area contributed by atoms with E-state index in [2.05, 4.69) is 5.32 Å². The Hall–Kier alpha value is -1.93. The third kappa shape index (κ3) is 3.09. The van der Waals surface area contributed by atoms with E-state index in [1.807, 2.05) is 5.32 Å². The number of nitrogens with one attached hydrogen (secondary N) is 2. The van der Waals surface area contributed by atoms with Crippen LogP contribution in [-0.4, -0.2) is 36.2 Å². The lowest BCUT2D eigenvalue weighted by molar-refractivity contribution is -0.134. The van der Waals surface area contributed by atoms with Crippen molar-refractivity contribution in [2.24, 2.45) is 0 Å². The average Bonchev–Trinajstić information content (AvgIpc) is 2.33. The molecule has 1 saturated heterocycles. The minimum atomic E-state index is -4.41. The number of rotatable bonds is 4. The quantitative estimate of drug-likeness (QED) is 0.488. The fraction of sp³-hybridized carbons (Fsp3) is 0.273. The Morgan fingerprint density at radius 2 is 1.95 bits per heavy atom. The van der Waals surface area contributed by atoms with Gasteiger partial charge in [-0.1, -0.05) is 30.3 Å². The molecule has 0 saturated carbocycles. The first-order valence-electron chi connectivity index (χ1n) is 5.48. The van der Waals surface area contributed by atoms with E-state index < -0.39 is 33.3 Å². The number of amides is 2. The topological polar surface area (TPSA) is 113 Å². The lowest BCUT2D eigenvalue weighted by atomic mass is 10.1. The van der Waals surface area contributed by atoms with E-state index in [0.717, 1.165) is 5.56 Å². The standard InChI is InChI=1S/C11H12N2O5S/c14-8(6-7-4-2-1-3-5-7)12-9-10(15)13-11(9)19(16,17)18/h1-5,9,11H,6H2,(H,12,14)(H,13,15)(H,16,17,18)/t9-,11+/m0/s1. The molecule has 2 rings (SSSR count). The predicted octanol–water partition coefficient (Wildman–Crippen LogP) is -0.942. The third-order valence-corrected chi connectivity index (χ3v) is 3.75. The van der Waals surface area contributed by atoms with Gasteiger partial charge >= 0.3 is 0 Å². The van der Waals surface area contributed by atoms with Crippen LogP contribution in [0.15, 0.2) is 30.3 Å². The molecule has 2 atom stereocenters. The molecule has 19 heavy (non-hydrogen) atoms. The van der Waals surface area contributed by atoms with Crippen LogP contribution >= 0.6 is 0 Å². The largest absolute Gasteiger partial charge is 0.341 e. The zero-order valence-electron chi connectivity index (χ0n) is 9.74. The van der Waals surface area contributed by atoms with Crippen molar-refractivity contribution >= 4 is 21.9 Å². The first-order valence-corrected chi connectivity index (χ1v) is 6.98. The highest BCUT2D eigenvalue weighted by atomic mass is 32.2. The summed E-state index contributed by atoms with van der Waals surface area (Å²) < 4.78 is 30.6.